The maximum atomic E-state index is 13.2. The molecule has 3 aromatic rings. The third-order valence-corrected chi connectivity index (χ3v) is 6.64. The Balaban J connectivity index is 1.96. The number of aliphatic hydroxyl groups is 1. The molecule has 0 bridgehead atoms. The van der Waals surface area contributed by atoms with E-state index in [2.05, 4.69) is 0 Å². The van der Waals surface area contributed by atoms with Gasteiger partial charge in [0.1, 0.15) is 23.3 Å². The first-order valence-electron chi connectivity index (χ1n) is 10.0. The van der Waals surface area contributed by atoms with Gasteiger partial charge in [0.25, 0.3) is 11.7 Å². The Labute approximate surface area is 190 Å². The minimum atomic E-state index is -0.746. The minimum Gasteiger partial charge on any atom is -0.507 e. The van der Waals surface area contributed by atoms with E-state index in [0.717, 1.165) is 16.0 Å². The van der Waals surface area contributed by atoms with Crippen LogP contribution in [0.1, 0.15) is 27.6 Å². The van der Waals surface area contributed by atoms with E-state index in [9.17, 15) is 14.7 Å². The Morgan fingerprint density at radius 2 is 1.72 bits per heavy atom. The van der Waals surface area contributed by atoms with E-state index in [-0.39, 0.29) is 11.3 Å². The third kappa shape index (κ3) is 3.54. The van der Waals surface area contributed by atoms with Crippen LogP contribution in [0.2, 0.25) is 0 Å². The van der Waals surface area contributed by atoms with E-state index in [1.165, 1.54) is 30.5 Å². The zero-order valence-electron chi connectivity index (χ0n) is 18.2. The average Bonchev–Trinajstić information content (AvgIpc) is 3.33. The van der Waals surface area contributed by atoms with Crippen molar-refractivity contribution in [3.05, 3.63) is 81.1 Å². The van der Waals surface area contributed by atoms with Gasteiger partial charge in [-0.2, -0.15) is 0 Å². The lowest BCUT2D eigenvalue weighted by Crippen LogP contribution is -2.29. The van der Waals surface area contributed by atoms with Crippen LogP contribution in [0.4, 0.5) is 5.69 Å². The number of ketones is 1. The summed E-state index contributed by atoms with van der Waals surface area (Å²) in [5, 5.41) is 13.2. The quantitative estimate of drug-likeness (QED) is 0.337. The zero-order valence-corrected chi connectivity index (χ0v) is 19.0. The summed E-state index contributed by atoms with van der Waals surface area (Å²) >= 11 is 1.44. The highest BCUT2D eigenvalue weighted by Gasteiger charge is 2.48. The number of anilines is 1. The van der Waals surface area contributed by atoms with E-state index in [0.29, 0.717) is 22.7 Å². The molecule has 7 heteroatoms. The van der Waals surface area contributed by atoms with E-state index in [1.807, 2.05) is 49.6 Å². The fourth-order valence-corrected chi connectivity index (χ4v) is 4.88. The molecule has 1 unspecified atom stereocenters. The summed E-state index contributed by atoms with van der Waals surface area (Å²) in [5.41, 5.74) is 2.92. The molecule has 1 amide bonds. The predicted molar refractivity (Wildman–Crippen MR) is 125 cm³/mol. The normalized spacial score (nSPS) is 17.6. The number of aryl methyl sites for hydroxylation is 2. The maximum Gasteiger partial charge on any atom is 0.300 e. The van der Waals surface area contributed by atoms with Gasteiger partial charge in [0.15, 0.2) is 0 Å². The van der Waals surface area contributed by atoms with Crippen molar-refractivity contribution in [2.24, 2.45) is 0 Å². The second kappa shape index (κ2) is 8.51. The van der Waals surface area contributed by atoms with Gasteiger partial charge in [0.05, 0.1) is 25.4 Å². The van der Waals surface area contributed by atoms with Crippen molar-refractivity contribution in [1.29, 1.82) is 0 Å². The van der Waals surface area contributed by atoms with Crippen molar-refractivity contribution >= 4 is 34.5 Å². The van der Waals surface area contributed by atoms with E-state index in [1.54, 1.807) is 18.2 Å². The fraction of sp³-hybridized carbons (Fsp3) is 0.200. The second-order valence-electron chi connectivity index (χ2n) is 7.54. The summed E-state index contributed by atoms with van der Waals surface area (Å²) < 4.78 is 10.7. The van der Waals surface area contributed by atoms with Gasteiger partial charge in [-0.3, -0.25) is 14.5 Å². The van der Waals surface area contributed by atoms with E-state index < -0.39 is 17.7 Å². The Hall–Kier alpha value is -3.58. The minimum absolute atomic E-state index is 0.0320. The summed E-state index contributed by atoms with van der Waals surface area (Å²) in [6.45, 7) is 3.88. The number of rotatable bonds is 5. The molecule has 1 atom stereocenters. The Bertz CT molecular complexity index is 1230. The molecule has 0 spiro atoms. The molecule has 1 aromatic heterocycles. The molecule has 0 radical (unpaired) electrons. The Morgan fingerprint density at radius 1 is 1.00 bits per heavy atom. The van der Waals surface area contributed by atoms with Crippen LogP contribution < -0.4 is 14.4 Å². The highest BCUT2D eigenvalue weighted by molar-refractivity contribution is 7.10. The molecule has 0 aliphatic carbocycles. The van der Waals surface area contributed by atoms with Gasteiger partial charge in [-0.15, -0.1) is 11.3 Å². The zero-order chi connectivity index (χ0) is 23.0. The highest BCUT2D eigenvalue weighted by atomic mass is 32.1. The number of carbonyl (C=O) groups excluding carboxylic acids is 2. The number of hydrogen-bond acceptors (Lipinski definition) is 6. The largest absolute Gasteiger partial charge is 0.507 e. The molecular weight excluding hydrogens is 426 g/mol. The van der Waals surface area contributed by atoms with Crippen molar-refractivity contribution in [3.8, 4) is 11.5 Å². The van der Waals surface area contributed by atoms with Crippen LogP contribution in [0.25, 0.3) is 5.76 Å². The molecule has 2 aromatic carbocycles. The van der Waals surface area contributed by atoms with Crippen LogP contribution in [0.3, 0.4) is 0 Å². The number of Topliss-reactive ketones (excluding diaryl/α,β-unsaturated/α-hetero) is 1. The third-order valence-electron chi connectivity index (χ3n) is 5.57. The van der Waals surface area contributed by atoms with E-state index in [4.69, 9.17) is 9.47 Å². The number of benzene rings is 2. The number of carbonyl (C=O) groups is 2. The van der Waals surface area contributed by atoms with Crippen LogP contribution in [-0.2, 0) is 9.59 Å². The number of thiophene rings is 1. The van der Waals surface area contributed by atoms with Gasteiger partial charge in [-0.1, -0.05) is 17.7 Å². The summed E-state index contributed by atoms with van der Waals surface area (Å²) in [6, 6.07) is 13.5. The van der Waals surface area contributed by atoms with Gasteiger partial charge in [-0.25, -0.2) is 0 Å². The number of hydrogen-bond donors (Lipinski definition) is 1. The molecule has 1 aliphatic heterocycles. The Morgan fingerprint density at radius 3 is 2.31 bits per heavy atom. The lowest BCUT2D eigenvalue weighted by atomic mass is 9.97. The van der Waals surface area contributed by atoms with Crippen LogP contribution >= 0.6 is 11.3 Å². The van der Waals surface area contributed by atoms with Gasteiger partial charge in [0.2, 0.25) is 0 Å². The molecule has 1 aliphatic rings. The topological polar surface area (TPSA) is 76.1 Å². The summed E-state index contributed by atoms with van der Waals surface area (Å²) in [7, 11) is 3.00. The first-order valence-corrected chi connectivity index (χ1v) is 10.9. The molecular formula is C25H23NO5S. The van der Waals surface area contributed by atoms with E-state index >= 15 is 0 Å². The smallest absolute Gasteiger partial charge is 0.300 e. The molecule has 6 nitrogen and oxygen atoms in total. The number of nitrogens with zero attached hydrogens (tertiary/aromatic N) is 1. The molecule has 2 heterocycles. The molecule has 1 fully saturated rings. The molecule has 0 saturated carbocycles. The van der Waals surface area contributed by atoms with Crippen molar-refractivity contribution in [2.75, 3.05) is 19.1 Å². The van der Waals surface area contributed by atoms with Crippen molar-refractivity contribution < 1.29 is 24.2 Å². The number of ether oxygens (including phenoxy) is 2. The maximum absolute atomic E-state index is 13.2. The van der Waals surface area contributed by atoms with Crippen molar-refractivity contribution in [2.45, 2.75) is 19.9 Å². The summed E-state index contributed by atoms with van der Waals surface area (Å²) in [4.78, 5) is 28.7. The fourth-order valence-electron chi connectivity index (χ4n) is 3.86. The van der Waals surface area contributed by atoms with Crippen LogP contribution in [-0.4, -0.2) is 31.0 Å². The summed E-state index contributed by atoms with van der Waals surface area (Å²) in [5.74, 6) is -0.816. The van der Waals surface area contributed by atoms with Crippen LogP contribution in [0.5, 0.6) is 11.5 Å². The van der Waals surface area contributed by atoms with Crippen molar-refractivity contribution in [3.63, 3.8) is 0 Å². The predicted octanol–water partition coefficient (Wildman–Crippen LogP) is 5.01. The number of aliphatic hydroxyl groups excluding tert-OH is 1. The van der Waals surface area contributed by atoms with Gasteiger partial charge >= 0.3 is 0 Å². The average molecular weight is 450 g/mol. The second-order valence-corrected chi connectivity index (χ2v) is 8.49. The van der Waals surface area contributed by atoms with Crippen LogP contribution in [0, 0.1) is 13.8 Å². The Kier molecular flexibility index (Phi) is 5.76. The van der Waals surface area contributed by atoms with Gasteiger partial charge in [0, 0.05) is 16.6 Å². The van der Waals surface area contributed by atoms with Gasteiger partial charge in [-0.05, 0) is 55.1 Å². The lowest BCUT2D eigenvalue weighted by Gasteiger charge is -2.25. The highest BCUT2D eigenvalue weighted by Crippen LogP contribution is 2.45. The molecule has 32 heavy (non-hydrogen) atoms. The number of amides is 1. The monoisotopic (exact) mass is 449 g/mol. The molecule has 4 rings (SSSR count). The first kappa shape index (κ1) is 21.6. The molecule has 164 valence electrons. The van der Waals surface area contributed by atoms with Gasteiger partial charge < -0.3 is 14.6 Å². The molecule has 1 saturated heterocycles. The summed E-state index contributed by atoms with van der Waals surface area (Å²) in [6.07, 6.45) is 0. The SMILES string of the molecule is COc1ccc(/C(O)=C2\C(=O)C(=O)N(c3ccc(C)cc3)C2c2sccc2C)c(OC)c1. The molecule has 1 N–H and O–H groups in total. The lowest BCUT2D eigenvalue weighted by molar-refractivity contribution is -0.132. The first-order chi connectivity index (χ1) is 15.4. The standard InChI is InChI=1S/C25H23NO5S/c1-14-5-7-16(8-6-14)26-21(24-15(2)11-12-32-24)20(23(28)25(26)29)22(27)18-10-9-17(30-3)13-19(18)31-4/h5-13,21,27H,1-4H3/b22-20+. The van der Waals surface area contributed by atoms with Crippen molar-refractivity contribution in [1.82, 2.24) is 0 Å². The number of methoxy groups -OCH3 is 2. The van der Waals surface area contributed by atoms with Crippen LogP contribution in [0.15, 0.2) is 59.5 Å².